The molecule has 4 rings (SSSR count). The minimum absolute atomic E-state index is 0.0446. The number of rotatable bonds is 3. The number of carbonyl (C=O) groups is 2. The van der Waals surface area contributed by atoms with Crippen LogP contribution in [0.4, 0.5) is 0 Å². The van der Waals surface area contributed by atoms with Gasteiger partial charge in [0.15, 0.2) is 5.78 Å². The molecule has 4 nitrogen and oxygen atoms in total. The van der Waals surface area contributed by atoms with Crippen LogP contribution in [0.15, 0.2) is 59.8 Å². The second kappa shape index (κ2) is 7.20. The molecule has 0 saturated heterocycles. The summed E-state index contributed by atoms with van der Waals surface area (Å²) in [4.78, 5) is 25.3. The number of hydrogen-bond donors (Lipinski definition) is 1. The highest BCUT2D eigenvalue weighted by molar-refractivity contribution is 6.30. The Hall–Kier alpha value is -2.59. The van der Waals surface area contributed by atoms with Crippen molar-refractivity contribution in [3.05, 3.63) is 76.0 Å². The molecule has 1 amide bonds. The van der Waals surface area contributed by atoms with E-state index in [0.717, 1.165) is 28.1 Å². The van der Waals surface area contributed by atoms with Crippen LogP contribution in [0.5, 0.6) is 5.75 Å². The van der Waals surface area contributed by atoms with E-state index in [4.69, 9.17) is 16.3 Å². The molecule has 1 aliphatic heterocycles. The minimum atomic E-state index is -0.199. The molecule has 138 valence electrons. The molecule has 2 aliphatic rings. The second-order valence-corrected chi connectivity index (χ2v) is 7.49. The summed E-state index contributed by atoms with van der Waals surface area (Å²) < 4.78 is 5.21. The van der Waals surface area contributed by atoms with Crippen molar-refractivity contribution < 1.29 is 14.3 Å². The number of nitrogens with one attached hydrogen (secondary N) is 1. The Kier molecular flexibility index (Phi) is 4.75. The van der Waals surface area contributed by atoms with Gasteiger partial charge < -0.3 is 10.1 Å². The van der Waals surface area contributed by atoms with E-state index in [1.165, 1.54) is 0 Å². The number of benzene rings is 2. The first-order chi connectivity index (χ1) is 13.0. The molecule has 0 aromatic heterocycles. The molecule has 0 radical (unpaired) electrons. The van der Waals surface area contributed by atoms with Gasteiger partial charge in [0, 0.05) is 35.1 Å². The van der Waals surface area contributed by atoms with Gasteiger partial charge in [0.2, 0.25) is 5.91 Å². The maximum absolute atomic E-state index is 13.0. The van der Waals surface area contributed by atoms with Gasteiger partial charge >= 0.3 is 0 Å². The highest BCUT2D eigenvalue weighted by atomic mass is 35.5. The van der Waals surface area contributed by atoms with Gasteiger partial charge in [-0.2, -0.15) is 0 Å². The molecule has 0 unspecified atom stereocenters. The van der Waals surface area contributed by atoms with Gasteiger partial charge in [-0.25, -0.2) is 0 Å². The molecule has 2 aromatic carbocycles. The first-order valence-corrected chi connectivity index (χ1v) is 9.38. The molecule has 0 fully saturated rings. The van der Waals surface area contributed by atoms with Crippen molar-refractivity contribution in [2.24, 2.45) is 0 Å². The summed E-state index contributed by atoms with van der Waals surface area (Å²) in [6, 6.07) is 15.2. The van der Waals surface area contributed by atoms with Crippen LogP contribution in [0.25, 0.3) is 0 Å². The number of halogens is 1. The van der Waals surface area contributed by atoms with Crippen LogP contribution in [0.2, 0.25) is 5.02 Å². The fourth-order valence-electron chi connectivity index (χ4n) is 4.05. The molecule has 1 heterocycles. The Bertz CT molecular complexity index is 916. The monoisotopic (exact) mass is 381 g/mol. The first kappa shape index (κ1) is 17.8. The lowest BCUT2D eigenvalue weighted by atomic mass is 9.73. The first-order valence-electron chi connectivity index (χ1n) is 9.00. The fraction of sp³-hybridized carbons (Fsp3) is 0.273. The van der Waals surface area contributed by atoms with Crippen molar-refractivity contribution in [2.45, 2.75) is 31.1 Å². The van der Waals surface area contributed by atoms with Crippen LogP contribution < -0.4 is 10.1 Å². The van der Waals surface area contributed by atoms with Gasteiger partial charge in [0.05, 0.1) is 7.11 Å². The average molecular weight is 382 g/mol. The molecule has 0 saturated carbocycles. The molecule has 27 heavy (non-hydrogen) atoms. The zero-order valence-electron chi connectivity index (χ0n) is 15.0. The third-order valence-electron chi connectivity index (χ3n) is 5.40. The van der Waals surface area contributed by atoms with Gasteiger partial charge in [-0.1, -0.05) is 35.9 Å². The predicted molar refractivity (Wildman–Crippen MR) is 104 cm³/mol. The largest absolute Gasteiger partial charge is 0.497 e. The van der Waals surface area contributed by atoms with E-state index in [9.17, 15) is 9.59 Å². The Morgan fingerprint density at radius 1 is 0.926 bits per heavy atom. The third-order valence-corrected chi connectivity index (χ3v) is 5.65. The zero-order chi connectivity index (χ0) is 19.0. The summed E-state index contributed by atoms with van der Waals surface area (Å²) in [5.74, 6) is 0.713. The van der Waals surface area contributed by atoms with Crippen molar-refractivity contribution in [1.29, 1.82) is 0 Å². The van der Waals surface area contributed by atoms with E-state index in [2.05, 4.69) is 5.32 Å². The lowest BCUT2D eigenvalue weighted by Crippen LogP contribution is -2.38. The van der Waals surface area contributed by atoms with Gasteiger partial charge in [0.25, 0.3) is 0 Å². The molecule has 2 aromatic rings. The van der Waals surface area contributed by atoms with E-state index in [-0.39, 0.29) is 23.5 Å². The number of hydrogen-bond acceptors (Lipinski definition) is 3. The fourth-order valence-corrected chi connectivity index (χ4v) is 4.18. The van der Waals surface area contributed by atoms with Crippen molar-refractivity contribution in [3.63, 3.8) is 0 Å². The van der Waals surface area contributed by atoms with Crippen molar-refractivity contribution in [1.82, 2.24) is 5.32 Å². The summed E-state index contributed by atoms with van der Waals surface area (Å²) in [5.41, 5.74) is 3.56. The Morgan fingerprint density at radius 3 is 2.26 bits per heavy atom. The number of methoxy groups -OCH3 is 1. The van der Waals surface area contributed by atoms with Crippen LogP contribution in [0.3, 0.4) is 0 Å². The predicted octanol–water partition coefficient (Wildman–Crippen LogP) is 4.35. The van der Waals surface area contributed by atoms with E-state index >= 15 is 0 Å². The van der Waals surface area contributed by atoms with E-state index in [1.807, 2.05) is 36.4 Å². The molecule has 0 spiro atoms. The average Bonchev–Trinajstić information content (AvgIpc) is 2.67. The number of Topliss-reactive ketones (excluding diaryl/α,β-unsaturated/α-hetero) is 1. The molecule has 2 atom stereocenters. The van der Waals surface area contributed by atoms with Crippen LogP contribution >= 0.6 is 11.6 Å². The van der Waals surface area contributed by atoms with Gasteiger partial charge in [-0.05, 0) is 47.7 Å². The molecule has 0 bridgehead atoms. The summed E-state index contributed by atoms with van der Waals surface area (Å²) in [7, 11) is 1.63. The van der Waals surface area contributed by atoms with Crippen molar-refractivity contribution in [2.75, 3.05) is 7.11 Å². The maximum atomic E-state index is 13.0. The zero-order valence-corrected chi connectivity index (χ0v) is 15.8. The van der Waals surface area contributed by atoms with E-state index in [1.54, 1.807) is 19.2 Å². The number of allylic oxidation sites excluding steroid dienone is 2. The Labute approximate surface area is 163 Å². The lowest BCUT2D eigenvalue weighted by Gasteiger charge is -2.34. The summed E-state index contributed by atoms with van der Waals surface area (Å²) in [5, 5.41) is 3.59. The highest BCUT2D eigenvalue weighted by Crippen LogP contribution is 2.42. The van der Waals surface area contributed by atoms with E-state index < -0.39 is 0 Å². The van der Waals surface area contributed by atoms with Crippen LogP contribution in [-0.2, 0) is 9.59 Å². The van der Waals surface area contributed by atoms with Crippen molar-refractivity contribution >= 4 is 23.3 Å². The van der Waals surface area contributed by atoms with Gasteiger partial charge in [-0.15, -0.1) is 0 Å². The molecular weight excluding hydrogens is 362 g/mol. The normalized spacial score (nSPS) is 22.3. The Morgan fingerprint density at radius 2 is 1.59 bits per heavy atom. The van der Waals surface area contributed by atoms with Crippen LogP contribution in [0.1, 0.15) is 42.2 Å². The van der Waals surface area contributed by atoms with E-state index in [0.29, 0.717) is 24.3 Å². The maximum Gasteiger partial charge on any atom is 0.225 e. The molecule has 1 aliphatic carbocycles. The molecule has 5 heteroatoms. The number of ether oxygens (including phenoxy) is 1. The quantitative estimate of drug-likeness (QED) is 0.859. The highest BCUT2D eigenvalue weighted by Gasteiger charge is 2.38. The summed E-state index contributed by atoms with van der Waals surface area (Å²) in [6.45, 7) is 0. The number of amides is 1. The molecule has 1 N–H and O–H groups in total. The SMILES string of the molecule is COc1ccc([C@H]2CC(=O)C3=C(C2)NC(=O)C[C@H]3c2ccc(Cl)cc2)cc1. The molecular formula is C22H20ClNO3. The minimum Gasteiger partial charge on any atom is -0.497 e. The topological polar surface area (TPSA) is 55.4 Å². The smallest absolute Gasteiger partial charge is 0.225 e. The van der Waals surface area contributed by atoms with Gasteiger partial charge in [-0.3, -0.25) is 9.59 Å². The third kappa shape index (κ3) is 3.50. The lowest BCUT2D eigenvalue weighted by molar-refractivity contribution is -0.122. The Balaban J connectivity index is 1.67. The van der Waals surface area contributed by atoms with Crippen LogP contribution in [-0.4, -0.2) is 18.8 Å². The van der Waals surface area contributed by atoms with Crippen LogP contribution in [0, 0.1) is 0 Å². The van der Waals surface area contributed by atoms with Crippen molar-refractivity contribution in [3.8, 4) is 5.75 Å². The number of carbonyl (C=O) groups excluding carboxylic acids is 2. The standard InChI is InChI=1S/C22H20ClNO3/c1-27-17-8-4-13(5-9-17)15-10-19-22(20(25)11-15)18(12-21(26)24-19)14-2-6-16(23)7-3-14/h2-9,15,18H,10-12H2,1H3,(H,24,26)/t15-,18+/m1/s1. The number of ketones is 1. The summed E-state index contributed by atoms with van der Waals surface area (Å²) >= 11 is 5.99. The van der Waals surface area contributed by atoms with Gasteiger partial charge in [0.1, 0.15) is 5.75 Å². The second-order valence-electron chi connectivity index (χ2n) is 7.05. The summed E-state index contributed by atoms with van der Waals surface area (Å²) in [6.07, 6.45) is 1.40.